The van der Waals surface area contributed by atoms with Gasteiger partial charge in [0.15, 0.2) is 11.6 Å². The summed E-state index contributed by atoms with van der Waals surface area (Å²) in [6.07, 6.45) is 5.07. The van der Waals surface area contributed by atoms with Gasteiger partial charge in [0, 0.05) is 17.6 Å². The van der Waals surface area contributed by atoms with Gasteiger partial charge in [-0.15, -0.1) is 0 Å². The lowest BCUT2D eigenvalue weighted by Gasteiger charge is -2.33. The van der Waals surface area contributed by atoms with Gasteiger partial charge in [0.25, 0.3) is 5.91 Å². The first-order valence-electron chi connectivity index (χ1n) is 6.52. The molecule has 0 heterocycles. The third-order valence-electron chi connectivity index (χ3n) is 3.63. The van der Waals surface area contributed by atoms with E-state index in [0.717, 1.165) is 37.8 Å². The number of nitrogens with one attached hydrogen (secondary N) is 1. The van der Waals surface area contributed by atoms with E-state index in [1.165, 1.54) is 12.5 Å². The average Bonchev–Trinajstić information content (AvgIpc) is 2.40. The number of hydrogen-bond acceptors (Lipinski definition) is 2. The van der Waals surface area contributed by atoms with E-state index in [4.69, 9.17) is 5.73 Å². The highest BCUT2D eigenvalue weighted by molar-refractivity contribution is 5.94. The summed E-state index contributed by atoms with van der Waals surface area (Å²) in [4.78, 5) is 11.8. The number of carbonyl (C=O) groups is 1. The molecular formula is C14H18F2N2O. The minimum Gasteiger partial charge on any atom is -0.350 e. The molecule has 0 radical (unpaired) electrons. The molecule has 3 nitrogen and oxygen atoms in total. The molecular weight excluding hydrogens is 250 g/mol. The molecule has 2 rings (SSSR count). The zero-order chi connectivity index (χ0) is 13.9. The van der Waals surface area contributed by atoms with Crippen LogP contribution in [0.4, 0.5) is 8.78 Å². The van der Waals surface area contributed by atoms with Crippen molar-refractivity contribution in [3.8, 4) is 0 Å². The molecule has 0 unspecified atom stereocenters. The van der Waals surface area contributed by atoms with Crippen molar-refractivity contribution in [3.63, 3.8) is 0 Å². The quantitative estimate of drug-likeness (QED) is 0.884. The predicted octanol–water partition coefficient (Wildman–Crippen LogP) is 2.36. The van der Waals surface area contributed by atoms with Crippen molar-refractivity contribution >= 4 is 5.91 Å². The molecule has 5 heteroatoms. The summed E-state index contributed by atoms with van der Waals surface area (Å²) in [5, 5.41) is 2.70. The van der Waals surface area contributed by atoms with Crippen LogP contribution in [0.2, 0.25) is 0 Å². The maximum Gasteiger partial charge on any atom is 0.251 e. The number of carbonyl (C=O) groups excluding carboxylic acids is 1. The summed E-state index contributed by atoms with van der Waals surface area (Å²) in [6, 6.07) is 3.11. The van der Waals surface area contributed by atoms with Crippen molar-refractivity contribution in [1.82, 2.24) is 5.32 Å². The minimum atomic E-state index is -1.02. The fourth-order valence-electron chi connectivity index (χ4n) is 2.43. The molecule has 0 bridgehead atoms. The highest BCUT2D eigenvalue weighted by Crippen LogP contribution is 2.25. The molecule has 0 atom stereocenters. The summed E-state index contributed by atoms with van der Waals surface area (Å²) in [6.45, 7) is 0.366. The van der Waals surface area contributed by atoms with Crippen LogP contribution in [0.5, 0.6) is 0 Å². The Bertz CT molecular complexity index is 471. The van der Waals surface area contributed by atoms with Crippen molar-refractivity contribution in [1.29, 1.82) is 0 Å². The first-order valence-corrected chi connectivity index (χ1v) is 6.52. The van der Waals surface area contributed by atoms with Gasteiger partial charge in [-0.3, -0.25) is 4.79 Å². The van der Waals surface area contributed by atoms with Gasteiger partial charge in [-0.2, -0.15) is 0 Å². The molecule has 19 heavy (non-hydrogen) atoms. The monoisotopic (exact) mass is 268 g/mol. The molecule has 1 saturated carbocycles. The summed E-state index contributed by atoms with van der Waals surface area (Å²) in [7, 11) is 0. The van der Waals surface area contributed by atoms with Crippen LogP contribution in [0.3, 0.4) is 0 Å². The molecule has 1 amide bonds. The lowest BCUT2D eigenvalue weighted by molar-refractivity contribution is 0.0937. The van der Waals surface area contributed by atoms with E-state index in [9.17, 15) is 13.6 Å². The van der Waals surface area contributed by atoms with Crippen molar-refractivity contribution < 1.29 is 13.6 Å². The Kier molecular flexibility index (Phi) is 4.14. The molecule has 1 aliphatic rings. The normalized spacial score (nSPS) is 18.1. The van der Waals surface area contributed by atoms with Crippen LogP contribution in [0, 0.1) is 11.6 Å². The van der Waals surface area contributed by atoms with Crippen molar-refractivity contribution in [3.05, 3.63) is 35.4 Å². The third-order valence-corrected chi connectivity index (χ3v) is 3.63. The molecule has 1 aromatic carbocycles. The second-order valence-corrected chi connectivity index (χ2v) is 5.23. The van der Waals surface area contributed by atoms with Crippen molar-refractivity contribution in [2.45, 2.75) is 37.6 Å². The largest absolute Gasteiger partial charge is 0.350 e. The summed E-state index contributed by atoms with van der Waals surface area (Å²) in [5.41, 5.74) is 5.93. The first-order chi connectivity index (χ1) is 9.00. The predicted molar refractivity (Wildman–Crippen MR) is 68.7 cm³/mol. The van der Waals surface area contributed by atoms with Crippen LogP contribution in [0.25, 0.3) is 0 Å². The van der Waals surface area contributed by atoms with Crippen LogP contribution >= 0.6 is 0 Å². The van der Waals surface area contributed by atoms with E-state index in [0.29, 0.717) is 6.54 Å². The Morgan fingerprint density at radius 2 is 1.89 bits per heavy atom. The van der Waals surface area contributed by atoms with E-state index in [1.54, 1.807) is 0 Å². The average molecular weight is 268 g/mol. The minimum absolute atomic E-state index is 0.110. The lowest BCUT2D eigenvalue weighted by atomic mass is 9.82. The molecule has 1 fully saturated rings. The molecule has 3 N–H and O–H groups in total. The van der Waals surface area contributed by atoms with Crippen LogP contribution in [0.1, 0.15) is 42.5 Å². The van der Waals surface area contributed by atoms with Gasteiger partial charge in [0.2, 0.25) is 0 Å². The zero-order valence-corrected chi connectivity index (χ0v) is 10.7. The fraction of sp³-hybridized carbons (Fsp3) is 0.500. The number of nitrogens with two attached hydrogens (primary N) is 1. The zero-order valence-electron chi connectivity index (χ0n) is 10.7. The van der Waals surface area contributed by atoms with Gasteiger partial charge in [0.05, 0.1) is 0 Å². The van der Waals surface area contributed by atoms with Crippen LogP contribution < -0.4 is 11.1 Å². The van der Waals surface area contributed by atoms with Gasteiger partial charge >= 0.3 is 0 Å². The van der Waals surface area contributed by atoms with E-state index >= 15 is 0 Å². The van der Waals surface area contributed by atoms with Crippen LogP contribution in [0.15, 0.2) is 18.2 Å². The Balaban J connectivity index is 1.95. The Hall–Kier alpha value is -1.49. The second kappa shape index (κ2) is 5.65. The Labute approximate surface area is 111 Å². The lowest BCUT2D eigenvalue weighted by Crippen LogP contribution is -2.51. The third kappa shape index (κ3) is 3.50. The van der Waals surface area contributed by atoms with Crippen LogP contribution in [-0.4, -0.2) is 18.0 Å². The van der Waals surface area contributed by atoms with Gasteiger partial charge in [-0.1, -0.05) is 19.3 Å². The number of hydrogen-bond donors (Lipinski definition) is 2. The molecule has 0 aromatic heterocycles. The highest BCUT2D eigenvalue weighted by Gasteiger charge is 2.27. The Morgan fingerprint density at radius 3 is 2.53 bits per heavy atom. The van der Waals surface area contributed by atoms with Gasteiger partial charge in [-0.05, 0) is 31.0 Å². The summed E-state index contributed by atoms with van der Waals surface area (Å²) in [5.74, 6) is -2.40. The summed E-state index contributed by atoms with van der Waals surface area (Å²) < 4.78 is 25.8. The molecule has 1 aliphatic carbocycles. The van der Waals surface area contributed by atoms with Crippen molar-refractivity contribution in [2.24, 2.45) is 5.73 Å². The molecule has 104 valence electrons. The maximum atomic E-state index is 13.0. The molecule has 0 aliphatic heterocycles. The number of amides is 1. The molecule has 1 aromatic rings. The van der Waals surface area contributed by atoms with Crippen LogP contribution in [-0.2, 0) is 0 Å². The van der Waals surface area contributed by atoms with Gasteiger partial charge < -0.3 is 11.1 Å². The number of halogens is 2. The smallest absolute Gasteiger partial charge is 0.251 e. The van der Waals surface area contributed by atoms with Gasteiger partial charge in [0.1, 0.15) is 0 Å². The topological polar surface area (TPSA) is 55.1 Å². The van der Waals surface area contributed by atoms with E-state index < -0.39 is 17.5 Å². The van der Waals surface area contributed by atoms with E-state index in [1.807, 2.05) is 0 Å². The molecule has 0 spiro atoms. The molecule has 0 saturated heterocycles. The van der Waals surface area contributed by atoms with Gasteiger partial charge in [-0.25, -0.2) is 8.78 Å². The van der Waals surface area contributed by atoms with E-state index in [-0.39, 0.29) is 11.1 Å². The van der Waals surface area contributed by atoms with Crippen molar-refractivity contribution in [2.75, 3.05) is 6.54 Å². The Morgan fingerprint density at radius 1 is 1.21 bits per heavy atom. The standard InChI is InChI=1S/C14H18F2N2O/c15-11-5-4-10(8-12(11)16)13(19)18-9-14(17)6-2-1-3-7-14/h4-5,8H,1-3,6-7,9,17H2,(H,18,19). The fourth-order valence-corrected chi connectivity index (χ4v) is 2.43. The SMILES string of the molecule is NC1(CNC(=O)c2ccc(F)c(F)c2)CCCCC1. The number of rotatable bonds is 3. The maximum absolute atomic E-state index is 13.0. The number of benzene rings is 1. The highest BCUT2D eigenvalue weighted by atomic mass is 19.2. The first kappa shape index (κ1) is 13.9. The summed E-state index contributed by atoms with van der Waals surface area (Å²) >= 11 is 0. The second-order valence-electron chi connectivity index (χ2n) is 5.23. The van der Waals surface area contributed by atoms with E-state index in [2.05, 4.69) is 5.32 Å².